The van der Waals surface area contributed by atoms with Crippen LogP contribution >= 0.6 is 0 Å². The Balaban J connectivity index is 2.80. The number of aliphatic hydroxyl groups excluding tert-OH is 4. The molecule has 0 heterocycles. The molecule has 236 valence electrons. The van der Waals surface area contributed by atoms with Crippen molar-refractivity contribution in [2.24, 2.45) is 0 Å². The molecule has 5 atom stereocenters. The van der Waals surface area contributed by atoms with Crippen LogP contribution in [0.15, 0.2) is 36.4 Å². The molecule has 12 nitrogen and oxygen atoms in total. The molecule has 0 fully saturated rings. The van der Waals surface area contributed by atoms with Crippen LogP contribution in [0, 0.1) is 0 Å². The summed E-state index contributed by atoms with van der Waals surface area (Å²) in [7, 11) is 8.49. The predicted molar refractivity (Wildman–Crippen MR) is 154 cm³/mol. The molecule has 0 saturated heterocycles. The van der Waals surface area contributed by atoms with E-state index in [1.54, 1.807) is 31.2 Å². The standard InChI is InChI=1S/C30H44O12/c1-8-9-10-29(35,15-20-23(39-4)11-18(37-2)12-24(20)40-5)28(34)30(36,27(33)22(32)17-31)16-21-25(41-6)13-19(38-3)14-26(21)42-7/h8-9,11-14,22,27-28,31-36H,10,15-17H2,1-7H3/b9-8+/t22-,27+,28+,29?,30+/m0/s1. The molecule has 2 aromatic carbocycles. The maximum atomic E-state index is 12.1. The third-order valence-electron chi connectivity index (χ3n) is 7.33. The lowest BCUT2D eigenvalue weighted by atomic mass is 9.71. The van der Waals surface area contributed by atoms with Crippen LogP contribution in [-0.2, 0) is 12.8 Å². The molecule has 0 radical (unpaired) electrons. The first-order valence-corrected chi connectivity index (χ1v) is 13.2. The van der Waals surface area contributed by atoms with Crippen LogP contribution < -0.4 is 28.4 Å². The second-order valence-corrected chi connectivity index (χ2v) is 9.84. The van der Waals surface area contributed by atoms with Gasteiger partial charge >= 0.3 is 0 Å². The highest BCUT2D eigenvalue weighted by Crippen LogP contribution is 2.43. The summed E-state index contributed by atoms with van der Waals surface area (Å²) in [5.74, 6) is 1.69. The predicted octanol–water partition coefficient (Wildman–Crippen LogP) is 1.03. The van der Waals surface area contributed by atoms with Gasteiger partial charge in [-0.05, 0) is 13.3 Å². The van der Waals surface area contributed by atoms with Gasteiger partial charge in [0.1, 0.15) is 64.0 Å². The molecule has 6 N–H and O–H groups in total. The smallest absolute Gasteiger partial charge is 0.129 e. The number of allylic oxidation sites excluding steroid dienone is 1. The van der Waals surface area contributed by atoms with Crippen LogP contribution in [0.5, 0.6) is 34.5 Å². The van der Waals surface area contributed by atoms with E-state index in [-0.39, 0.29) is 41.4 Å². The lowest BCUT2D eigenvalue weighted by Gasteiger charge is -2.46. The van der Waals surface area contributed by atoms with Crippen LogP contribution in [0.1, 0.15) is 24.5 Å². The van der Waals surface area contributed by atoms with Gasteiger partial charge in [0, 0.05) is 48.2 Å². The Kier molecular flexibility index (Phi) is 12.7. The van der Waals surface area contributed by atoms with Gasteiger partial charge in [0.2, 0.25) is 0 Å². The zero-order chi connectivity index (χ0) is 31.7. The van der Waals surface area contributed by atoms with E-state index in [1.807, 2.05) is 0 Å². The van der Waals surface area contributed by atoms with Gasteiger partial charge in [-0.1, -0.05) is 12.2 Å². The van der Waals surface area contributed by atoms with Crippen molar-refractivity contribution in [1.29, 1.82) is 0 Å². The molecule has 0 spiro atoms. The van der Waals surface area contributed by atoms with Crippen LogP contribution in [0.3, 0.4) is 0 Å². The second-order valence-electron chi connectivity index (χ2n) is 9.84. The molecule has 0 amide bonds. The number of rotatable bonds is 17. The van der Waals surface area contributed by atoms with Gasteiger partial charge in [0.15, 0.2) is 0 Å². The summed E-state index contributed by atoms with van der Waals surface area (Å²) in [6, 6.07) is 6.17. The Morgan fingerprint density at radius 3 is 1.43 bits per heavy atom. The first kappa shape index (κ1) is 34.9. The minimum Gasteiger partial charge on any atom is -0.496 e. The molecule has 2 aromatic rings. The average Bonchev–Trinajstić information content (AvgIpc) is 3.02. The van der Waals surface area contributed by atoms with E-state index >= 15 is 0 Å². The molecule has 0 aliphatic heterocycles. The zero-order valence-electron chi connectivity index (χ0n) is 25.2. The molecule has 0 saturated carbocycles. The highest BCUT2D eigenvalue weighted by molar-refractivity contribution is 5.53. The molecule has 0 aromatic heterocycles. The zero-order valence-corrected chi connectivity index (χ0v) is 25.2. The summed E-state index contributed by atoms with van der Waals surface area (Å²) in [6.07, 6.45) is -4.09. The summed E-state index contributed by atoms with van der Waals surface area (Å²) in [5.41, 5.74) is -4.34. The van der Waals surface area contributed by atoms with Crippen molar-refractivity contribution >= 4 is 0 Å². The number of benzene rings is 2. The molecule has 12 heteroatoms. The average molecular weight is 597 g/mol. The minimum absolute atomic E-state index is 0.179. The molecule has 0 bridgehead atoms. The van der Waals surface area contributed by atoms with E-state index in [1.165, 1.54) is 54.8 Å². The third kappa shape index (κ3) is 7.38. The van der Waals surface area contributed by atoms with Crippen LogP contribution in [0.4, 0.5) is 0 Å². The molecule has 42 heavy (non-hydrogen) atoms. The molecular weight excluding hydrogens is 552 g/mol. The van der Waals surface area contributed by atoms with Crippen LogP contribution in [0.25, 0.3) is 0 Å². The van der Waals surface area contributed by atoms with E-state index in [4.69, 9.17) is 28.4 Å². The molecule has 2 rings (SSSR count). The van der Waals surface area contributed by atoms with Crippen LogP contribution in [0.2, 0.25) is 0 Å². The molecule has 0 aliphatic carbocycles. The maximum Gasteiger partial charge on any atom is 0.129 e. The Morgan fingerprint density at radius 1 is 0.690 bits per heavy atom. The molecule has 1 unspecified atom stereocenters. The van der Waals surface area contributed by atoms with E-state index in [0.29, 0.717) is 17.1 Å². The third-order valence-corrected chi connectivity index (χ3v) is 7.33. The fourth-order valence-electron chi connectivity index (χ4n) is 4.96. The van der Waals surface area contributed by atoms with Crippen molar-refractivity contribution in [3.63, 3.8) is 0 Å². The summed E-state index contributed by atoms with van der Waals surface area (Å²) in [4.78, 5) is 0. The van der Waals surface area contributed by atoms with Gasteiger partial charge < -0.3 is 59.1 Å². The van der Waals surface area contributed by atoms with Crippen LogP contribution in [-0.4, -0.2) is 109 Å². The lowest BCUT2D eigenvalue weighted by Crippen LogP contribution is -2.66. The molecular formula is C30H44O12. The SMILES string of the molecule is C/C=C/CC(O)(Cc1c(OC)cc(OC)cc1OC)[C@@H](O)[C@@](O)(Cc1c(OC)cc(OC)cc1OC)[C@H](O)[C@@H](O)CO. The van der Waals surface area contributed by atoms with Crippen molar-refractivity contribution in [3.8, 4) is 34.5 Å². The van der Waals surface area contributed by atoms with Crippen molar-refractivity contribution in [2.45, 2.75) is 55.7 Å². The van der Waals surface area contributed by atoms with E-state index < -0.39 is 42.5 Å². The maximum absolute atomic E-state index is 12.1. The fraction of sp³-hybridized carbons (Fsp3) is 0.533. The molecule has 0 aliphatic rings. The Morgan fingerprint density at radius 2 is 1.10 bits per heavy atom. The number of ether oxygens (including phenoxy) is 6. The Hall–Kier alpha value is -3.26. The largest absolute Gasteiger partial charge is 0.496 e. The van der Waals surface area contributed by atoms with Gasteiger partial charge in [-0.15, -0.1) is 0 Å². The van der Waals surface area contributed by atoms with Gasteiger partial charge in [0.25, 0.3) is 0 Å². The number of hydrogen-bond acceptors (Lipinski definition) is 12. The topological polar surface area (TPSA) is 177 Å². The lowest BCUT2D eigenvalue weighted by molar-refractivity contribution is -0.228. The number of methoxy groups -OCH3 is 6. The van der Waals surface area contributed by atoms with Crippen molar-refractivity contribution in [3.05, 3.63) is 47.5 Å². The first-order chi connectivity index (χ1) is 19.9. The van der Waals surface area contributed by atoms with E-state index in [0.717, 1.165) is 0 Å². The van der Waals surface area contributed by atoms with Crippen molar-refractivity contribution < 1.29 is 59.1 Å². The monoisotopic (exact) mass is 596 g/mol. The van der Waals surface area contributed by atoms with Gasteiger partial charge in [-0.3, -0.25) is 0 Å². The van der Waals surface area contributed by atoms with E-state index in [2.05, 4.69) is 0 Å². The van der Waals surface area contributed by atoms with E-state index in [9.17, 15) is 30.6 Å². The normalized spacial score (nSPS) is 16.6. The number of hydrogen-bond donors (Lipinski definition) is 6. The summed E-state index contributed by atoms with van der Waals surface area (Å²) in [6.45, 7) is 0.769. The van der Waals surface area contributed by atoms with Gasteiger partial charge in [-0.2, -0.15) is 0 Å². The summed E-state index contributed by atoms with van der Waals surface area (Å²) < 4.78 is 32.6. The Labute approximate surface area is 246 Å². The first-order valence-electron chi connectivity index (χ1n) is 13.2. The summed E-state index contributed by atoms with van der Waals surface area (Å²) in [5, 5.41) is 67.5. The highest BCUT2D eigenvalue weighted by atomic mass is 16.5. The van der Waals surface area contributed by atoms with Gasteiger partial charge in [0.05, 0.1) is 49.3 Å². The second kappa shape index (κ2) is 15.3. The highest BCUT2D eigenvalue weighted by Gasteiger charge is 2.55. The fourth-order valence-corrected chi connectivity index (χ4v) is 4.96. The minimum atomic E-state index is -2.68. The quantitative estimate of drug-likeness (QED) is 0.143. The summed E-state index contributed by atoms with van der Waals surface area (Å²) >= 11 is 0. The van der Waals surface area contributed by atoms with Gasteiger partial charge in [-0.25, -0.2) is 0 Å². The number of aliphatic hydroxyl groups is 6. The van der Waals surface area contributed by atoms with Crippen molar-refractivity contribution in [2.75, 3.05) is 49.3 Å². The van der Waals surface area contributed by atoms with Crippen molar-refractivity contribution in [1.82, 2.24) is 0 Å². The Bertz CT molecular complexity index is 1130.